The van der Waals surface area contributed by atoms with E-state index in [1.807, 2.05) is 18.2 Å². The minimum atomic E-state index is -4.14. The second-order valence-corrected chi connectivity index (χ2v) is 6.69. The van der Waals surface area contributed by atoms with Gasteiger partial charge in [-0.1, -0.05) is 6.07 Å². The molecule has 1 N–H and O–H groups in total. The van der Waals surface area contributed by atoms with E-state index in [9.17, 15) is 13.2 Å². The molecule has 0 amide bonds. The highest BCUT2D eigenvalue weighted by molar-refractivity contribution is 5.80. The SMILES string of the molecule is CN=C(NC1CCN(CC(F)(F)F)C1)N1CCN(c2ccccn2)CC1. The number of halogens is 3. The van der Waals surface area contributed by atoms with Crippen molar-refractivity contribution in [1.82, 2.24) is 20.1 Å². The Morgan fingerprint density at radius 2 is 2.00 bits per heavy atom. The van der Waals surface area contributed by atoms with Crippen molar-refractivity contribution < 1.29 is 13.2 Å². The van der Waals surface area contributed by atoms with Crippen LogP contribution in [0.15, 0.2) is 29.4 Å². The summed E-state index contributed by atoms with van der Waals surface area (Å²) in [4.78, 5) is 14.5. The summed E-state index contributed by atoms with van der Waals surface area (Å²) in [5.41, 5.74) is 0. The second kappa shape index (κ2) is 8.11. The monoisotopic (exact) mass is 370 g/mol. The van der Waals surface area contributed by atoms with Crippen LogP contribution in [0.25, 0.3) is 0 Å². The number of piperazine rings is 1. The van der Waals surface area contributed by atoms with Crippen molar-refractivity contribution in [3.8, 4) is 0 Å². The fourth-order valence-corrected chi connectivity index (χ4v) is 3.52. The van der Waals surface area contributed by atoms with Crippen LogP contribution in [-0.4, -0.2) is 85.8 Å². The van der Waals surface area contributed by atoms with E-state index in [-0.39, 0.29) is 6.04 Å². The Morgan fingerprint density at radius 3 is 2.62 bits per heavy atom. The number of aliphatic imine (C=N–C) groups is 1. The Bertz CT molecular complexity index is 598. The van der Waals surface area contributed by atoms with Crippen LogP contribution in [0.2, 0.25) is 0 Å². The smallest absolute Gasteiger partial charge is 0.353 e. The third-order valence-electron chi connectivity index (χ3n) is 4.77. The maximum absolute atomic E-state index is 12.5. The van der Waals surface area contributed by atoms with Gasteiger partial charge < -0.3 is 15.1 Å². The van der Waals surface area contributed by atoms with Crippen molar-refractivity contribution in [2.24, 2.45) is 4.99 Å². The maximum Gasteiger partial charge on any atom is 0.401 e. The van der Waals surface area contributed by atoms with Gasteiger partial charge in [-0.25, -0.2) is 4.98 Å². The standard InChI is InChI=1S/C17H25F3N6/c1-21-16(23-14-5-7-24(12-14)13-17(18,19)20)26-10-8-25(9-11-26)15-4-2-3-6-22-15/h2-4,6,14H,5,7-13H2,1H3,(H,21,23). The van der Waals surface area contributed by atoms with Gasteiger partial charge in [-0.2, -0.15) is 13.2 Å². The number of nitrogens with one attached hydrogen (secondary N) is 1. The Hall–Kier alpha value is -2.03. The topological polar surface area (TPSA) is 47.0 Å². The summed E-state index contributed by atoms with van der Waals surface area (Å²) < 4.78 is 37.6. The molecule has 144 valence electrons. The zero-order valence-electron chi connectivity index (χ0n) is 14.9. The number of guanidine groups is 1. The predicted molar refractivity (Wildman–Crippen MR) is 95.4 cm³/mol. The van der Waals surface area contributed by atoms with Crippen LogP contribution in [0.1, 0.15) is 6.42 Å². The van der Waals surface area contributed by atoms with E-state index < -0.39 is 12.7 Å². The molecule has 6 nitrogen and oxygen atoms in total. The third kappa shape index (κ3) is 5.00. The molecule has 1 atom stereocenters. The first-order valence-electron chi connectivity index (χ1n) is 8.88. The second-order valence-electron chi connectivity index (χ2n) is 6.69. The van der Waals surface area contributed by atoms with Crippen LogP contribution in [0.3, 0.4) is 0 Å². The van der Waals surface area contributed by atoms with Crippen molar-refractivity contribution in [3.63, 3.8) is 0 Å². The Morgan fingerprint density at radius 1 is 1.23 bits per heavy atom. The van der Waals surface area contributed by atoms with Crippen LogP contribution in [-0.2, 0) is 0 Å². The number of alkyl halides is 3. The molecule has 0 aliphatic carbocycles. The Kier molecular flexibility index (Phi) is 5.85. The van der Waals surface area contributed by atoms with Crippen LogP contribution in [0, 0.1) is 0 Å². The van der Waals surface area contributed by atoms with Crippen LogP contribution in [0.4, 0.5) is 19.0 Å². The van der Waals surface area contributed by atoms with Gasteiger partial charge in [0.1, 0.15) is 5.82 Å². The molecular weight excluding hydrogens is 345 g/mol. The molecule has 0 saturated carbocycles. The van der Waals surface area contributed by atoms with Gasteiger partial charge in [-0.15, -0.1) is 0 Å². The quantitative estimate of drug-likeness (QED) is 0.644. The minimum absolute atomic E-state index is 0.00451. The molecule has 1 aromatic heterocycles. The first-order valence-corrected chi connectivity index (χ1v) is 8.88. The van der Waals surface area contributed by atoms with Crippen molar-refractivity contribution in [2.75, 3.05) is 57.8 Å². The van der Waals surface area contributed by atoms with Gasteiger partial charge in [0.05, 0.1) is 6.54 Å². The summed E-state index contributed by atoms with van der Waals surface area (Å²) in [5.74, 6) is 1.73. The summed E-state index contributed by atoms with van der Waals surface area (Å²) in [6.45, 7) is 3.29. The van der Waals surface area contributed by atoms with Gasteiger partial charge >= 0.3 is 6.18 Å². The van der Waals surface area contributed by atoms with Crippen LogP contribution >= 0.6 is 0 Å². The lowest BCUT2D eigenvalue weighted by Gasteiger charge is -2.37. The van der Waals surface area contributed by atoms with E-state index in [1.54, 1.807) is 13.2 Å². The zero-order valence-corrected chi connectivity index (χ0v) is 14.9. The van der Waals surface area contributed by atoms with Crippen molar-refractivity contribution in [1.29, 1.82) is 0 Å². The number of aromatic nitrogens is 1. The molecule has 2 aliphatic rings. The molecule has 3 heterocycles. The average molecular weight is 370 g/mol. The summed E-state index contributed by atoms with van der Waals surface area (Å²) in [5, 5.41) is 3.34. The number of anilines is 1. The van der Waals surface area contributed by atoms with Crippen LogP contribution < -0.4 is 10.2 Å². The normalized spacial score (nSPS) is 22.8. The van der Waals surface area contributed by atoms with Crippen molar-refractivity contribution in [2.45, 2.75) is 18.6 Å². The fourth-order valence-electron chi connectivity index (χ4n) is 3.52. The lowest BCUT2D eigenvalue weighted by Crippen LogP contribution is -2.54. The number of hydrogen-bond donors (Lipinski definition) is 1. The van der Waals surface area contributed by atoms with E-state index in [4.69, 9.17) is 0 Å². The summed E-state index contributed by atoms with van der Waals surface area (Å²) >= 11 is 0. The molecule has 1 unspecified atom stereocenters. The summed E-state index contributed by atoms with van der Waals surface area (Å²) in [7, 11) is 1.72. The van der Waals surface area contributed by atoms with Gasteiger partial charge in [0.25, 0.3) is 0 Å². The maximum atomic E-state index is 12.5. The highest BCUT2D eigenvalue weighted by Gasteiger charge is 2.35. The summed E-state index contributed by atoms with van der Waals surface area (Å²) in [6.07, 6.45) is -1.66. The van der Waals surface area contributed by atoms with Gasteiger partial charge in [-0.05, 0) is 18.6 Å². The van der Waals surface area contributed by atoms with E-state index in [1.165, 1.54) is 4.90 Å². The molecule has 0 aromatic carbocycles. The van der Waals surface area contributed by atoms with E-state index in [2.05, 4.69) is 25.1 Å². The molecule has 2 saturated heterocycles. The molecule has 2 aliphatic heterocycles. The first-order chi connectivity index (χ1) is 12.4. The highest BCUT2D eigenvalue weighted by Crippen LogP contribution is 2.20. The Labute approximate surface area is 151 Å². The van der Waals surface area contributed by atoms with Gasteiger partial charge in [0.15, 0.2) is 5.96 Å². The van der Waals surface area contributed by atoms with Gasteiger partial charge in [0.2, 0.25) is 0 Å². The molecule has 9 heteroatoms. The van der Waals surface area contributed by atoms with E-state index in [0.717, 1.165) is 38.0 Å². The number of hydrogen-bond acceptors (Lipinski definition) is 4. The van der Waals surface area contributed by atoms with Crippen molar-refractivity contribution in [3.05, 3.63) is 24.4 Å². The van der Waals surface area contributed by atoms with E-state index in [0.29, 0.717) is 19.5 Å². The van der Waals surface area contributed by atoms with Crippen molar-refractivity contribution >= 4 is 11.8 Å². The lowest BCUT2D eigenvalue weighted by molar-refractivity contribution is -0.143. The zero-order chi connectivity index (χ0) is 18.6. The fraction of sp³-hybridized carbons (Fsp3) is 0.647. The predicted octanol–water partition coefficient (Wildman–Crippen LogP) is 1.42. The molecular formula is C17H25F3N6. The molecule has 2 fully saturated rings. The number of rotatable bonds is 3. The molecule has 0 radical (unpaired) electrons. The average Bonchev–Trinajstić information content (AvgIpc) is 3.06. The summed E-state index contributed by atoms with van der Waals surface area (Å²) in [6, 6.07) is 5.87. The number of likely N-dealkylation sites (tertiary alicyclic amines) is 1. The number of nitrogens with zero attached hydrogens (tertiary/aromatic N) is 5. The molecule has 3 rings (SSSR count). The highest BCUT2D eigenvalue weighted by atomic mass is 19.4. The molecule has 1 aromatic rings. The largest absolute Gasteiger partial charge is 0.401 e. The third-order valence-corrected chi connectivity index (χ3v) is 4.77. The molecule has 0 bridgehead atoms. The Balaban J connectivity index is 1.48. The molecule has 26 heavy (non-hydrogen) atoms. The first kappa shape index (κ1) is 18.8. The van der Waals surface area contributed by atoms with Gasteiger partial charge in [-0.3, -0.25) is 9.89 Å². The minimum Gasteiger partial charge on any atom is -0.353 e. The van der Waals surface area contributed by atoms with E-state index >= 15 is 0 Å². The van der Waals surface area contributed by atoms with Gasteiger partial charge in [0, 0.05) is 58.6 Å². The molecule has 0 spiro atoms. The number of pyridine rings is 1. The lowest BCUT2D eigenvalue weighted by atomic mass is 10.2. The van der Waals surface area contributed by atoms with Crippen LogP contribution in [0.5, 0.6) is 0 Å².